The zero-order valence-corrected chi connectivity index (χ0v) is 10.2. The largest absolute Gasteiger partial charge is 0.449 e. The Labute approximate surface area is 92.8 Å². The van der Waals surface area contributed by atoms with Gasteiger partial charge in [0, 0.05) is 6.92 Å². The molecule has 3 heteroatoms. The van der Waals surface area contributed by atoms with Crippen molar-refractivity contribution in [2.24, 2.45) is 0 Å². The first kappa shape index (κ1) is 14.0. The van der Waals surface area contributed by atoms with Crippen LogP contribution >= 0.6 is 0 Å². The Balaban J connectivity index is 4.05. The average molecular weight is 211 g/mol. The fourth-order valence-corrected chi connectivity index (χ4v) is 1.13. The molecule has 0 saturated carbocycles. The summed E-state index contributed by atoms with van der Waals surface area (Å²) in [5.74, 6) is 5.74. The minimum Gasteiger partial charge on any atom is -0.449 e. The van der Waals surface area contributed by atoms with Crippen LogP contribution in [-0.4, -0.2) is 36.6 Å². The number of hydrogen-bond donors (Lipinski definition) is 0. The second-order valence-electron chi connectivity index (χ2n) is 3.29. The summed E-state index contributed by atoms with van der Waals surface area (Å²) in [5, 5.41) is 0. The molecule has 0 amide bonds. The summed E-state index contributed by atoms with van der Waals surface area (Å²) in [7, 11) is 0. The van der Waals surface area contributed by atoms with Gasteiger partial charge in [0.25, 0.3) is 0 Å². The van der Waals surface area contributed by atoms with E-state index in [0.717, 1.165) is 26.1 Å². The van der Waals surface area contributed by atoms with Crippen molar-refractivity contribution in [3.63, 3.8) is 0 Å². The van der Waals surface area contributed by atoms with E-state index in [1.165, 1.54) is 6.92 Å². The van der Waals surface area contributed by atoms with Crippen molar-refractivity contribution < 1.29 is 9.53 Å². The van der Waals surface area contributed by atoms with Gasteiger partial charge >= 0.3 is 5.97 Å². The third kappa shape index (κ3) is 6.98. The second kappa shape index (κ2) is 8.31. The molecule has 0 aromatic rings. The maximum atomic E-state index is 10.7. The number of nitrogens with zero attached hydrogens (tertiary/aromatic N) is 1. The summed E-state index contributed by atoms with van der Waals surface area (Å²) >= 11 is 0. The Morgan fingerprint density at radius 3 is 2.33 bits per heavy atom. The highest BCUT2D eigenvalue weighted by molar-refractivity contribution is 5.66. The van der Waals surface area contributed by atoms with Crippen molar-refractivity contribution >= 4 is 5.97 Å². The van der Waals surface area contributed by atoms with Crippen molar-refractivity contribution in [1.82, 2.24) is 4.90 Å². The third-order valence-electron chi connectivity index (χ3n) is 2.14. The molecule has 0 unspecified atom stereocenters. The summed E-state index contributed by atoms with van der Waals surface area (Å²) in [6.07, 6.45) is 0.489. The van der Waals surface area contributed by atoms with Crippen LogP contribution in [-0.2, 0) is 9.53 Å². The molecule has 3 nitrogen and oxygen atoms in total. The smallest absolute Gasteiger partial charge is 0.303 e. The van der Waals surface area contributed by atoms with Gasteiger partial charge in [-0.15, -0.1) is 0 Å². The van der Waals surface area contributed by atoms with E-state index in [0.29, 0.717) is 0 Å². The highest BCUT2D eigenvalue weighted by Gasteiger charge is 2.04. The van der Waals surface area contributed by atoms with E-state index in [4.69, 9.17) is 4.74 Å². The number of hydrogen-bond acceptors (Lipinski definition) is 3. The normalized spacial score (nSPS) is 11.8. The number of carbonyl (C=O) groups is 1. The third-order valence-corrected chi connectivity index (χ3v) is 2.14. The fourth-order valence-electron chi connectivity index (χ4n) is 1.13. The van der Waals surface area contributed by atoms with Crippen LogP contribution in [0.5, 0.6) is 0 Å². The Kier molecular flexibility index (Phi) is 7.75. The molecule has 0 saturated heterocycles. The predicted octanol–water partition coefficient (Wildman–Crippen LogP) is 1.67. The average Bonchev–Trinajstić information content (AvgIpc) is 2.22. The molecule has 0 bridgehead atoms. The minimum atomic E-state index is -0.265. The van der Waals surface area contributed by atoms with Crippen molar-refractivity contribution in [2.75, 3.05) is 19.6 Å². The number of ether oxygens (including phenoxy) is 1. The van der Waals surface area contributed by atoms with E-state index in [1.54, 1.807) is 0 Å². The van der Waals surface area contributed by atoms with Crippen molar-refractivity contribution in [1.29, 1.82) is 0 Å². The topological polar surface area (TPSA) is 29.5 Å². The molecule has 1 atom stereocenters. The van der Waals surface area contributed by atoms with Crippen molar-refractivity contribution in [3.8, 4) is 11.8 Å². The first-order chi connectivity index (χ1) is 7.13. The lowest BCUT2D eigenvalue weighted by Crippen LogP contribution is -2.23. The van der Waals surface area contributed by atoms with E-state index in [9.17, 15) is 4.79 Å². The van der Waals surface area contributed by atoms with Crippen LogP contribution in [0.3, 0.4) is 0 Å². The molecule has 15 heavy (non-hydrogen) atoms. The predicted molar refractivity (Wildman–Crippen MR) is 61.4 cm³/mol. The maximum Gasteiger partial charge on any atom is 0.303 e. The quantitative estimate of drug-likeness (QED) is 0.512. The highest BCUT2D eigenvalue weighted by atomic mass is 16.5. The molecular formula is C12H21NO2. The molecule has 86 valence electrons. The van der Waals surface area contributed by atoms with Gasteiger partial charge in [-0.2, -0.15) is 0 Å². The molecule has 0 heterocycles. The van der Waals surface area contributed by atoms with Gasteiger partial charge in [-0.3, -0.25) is 9.69 Å². The van der Waals surface area contributed by atoms with Crippen LogP contribution in [0.25, 0.3) is 0 Å². The fraction of sp³-hybridized carbons (Fsp3) is 0.750. The summed E-state index contributed by atoms with van der Waals surface area (Å²) in [4.78, 5) is 12.9. The number of rotatable bonds is 5. The van der Waals surface area contributed by atoms with Gasteiger partial charge < -0.3 is 4.74 Å². The minimum absolute atomic E-state index is 0.252. The Morgan fingerprint density at radius 1 is 1.33 bits per heavy atom. The molecule has 0 aliphatic heterocycles. The second-order valence-corrected chi connectivity index (χ2v) is 3.29. The lowest BCUT2D eigenvalue weighted by Gasteiger charge is -2.13. The van der Waals surface area contributed by atoms with Gasteiger partial charge in [-0.25, -0.2) is 0 Å². The monoisotopic (exact) mass is 211 g/mol. The first-order valence-electron chi connectivity index (χ1n) is 5.51. The van der Waals surface area contributed by atoms with Gasteiger partial charge in [0.15, 0.2) is 6.10 Å². The molecule has 0 aliphatic carbocycles. The first-order valence-corrected chi connectivity index (χ1v) is 5.51. The highest BCUT2D eigenvalue weighted by Crippen LogP contribution is 1.96. The SMILES string of the molecule is CC[C@H](C#CCN(CC)CC)OC(C)=O. The molecular weight excluding hydrogens is 190 g/mol. The Bertz CT molecular complexity index is 236. The van der Waals surface area contributed by atoms with Crippen LogP contribution in [0.4, 0.5) is 0 Å². The van der Waals surface area contributed by atoms with Gasteiger partial charge in [0.05, 0.1) is 6.54 Å². The van der Waals surface area contributed by atoms with Gasteiger partial charge in [0.1, 0.15) is 0 Å². The Hall–Kier alpha value is -1.01. The molecule has 0 fully saturated rings. The van der Waals surface area contributed by atoms with Gasteiger partial charge in [-0.05, 0) is 19.5 Å². The van der Waals surface area contributed by atoms with E-state index < -0.39 is 0 Å². The zero-order valence-electron chi connectivity index (χ0n) is 10.2. The van der Waals surface area contributed by atoms with E-state index >= 15 is 0 Å². The molecule has 0 aromatic heterocycles. The van der Waals surface area contributed by atoms with Crippen LogP contribution in [0, 0.1) is 11.8 Å². The van der Waals surface area contributed by atoms with Crippen molar-refractivity contribution in [2.45, 2.75) is 40.2 Å². The number of carbonyl (C=O) groups excluding carboxylic acids is 1. The molecule has 0 aliphatic rings. The van der Waals surface area contributed by atoms with E-state index in [2.05, 4.69) is 30.6 Å². The lowest BCUT2D eigenvalue weighted by molar-refractivity contribution is -0.143. The molecule has 0 aromatic carbocycles. The van der Waals surface area contributed by atoms with Crippen LogP contribution < -0.4 is 0 Å². The number of esters is 1. The maximum absolute atomic E-state index is 10.7. The zero-order chi connectivity index (χ0) is 11.7. The molecule has 0 rings (SSSR count). The van der Waals surface area contributed by atoms with E-state index in [-0.39, 0.29) is 12.1 Å². The molecule has 0 N–H and O–H groups in total. The van der Waals surface area contributed by atoms with Crippen LogP contribution in [0.15, 0.2) is 0 Å². The Morgan fingerprint density at radius 2 is 1.93 bits per heavy atom. The molecule has 0 radical (unpaired) electrons. The lowest BCUT2D eigenvalue weighted by atomic mass is 10.3. The summed E-state index contributed by atoms with van der Waals surface area (Å²) in [6, 6.07) is 0. The molecule has 0 spiro atoms. The van der Waals surface area contributed by atoms with E-state index in [1.807, 2.05) is 6.92 Å². The summed E-state index contributed by atoms with van der Waals surface area (Å²) in [5.41, 5.74) is 0. The van der Waals surface area contributed by atoms with Crippen molar-refractivity contribution in [3.05, 3.63) is 0 Å². The summed E-state index contributed by atoms with van der Waals surface area (Å²) in [6.45, 7) is 10.3. The standard InChI is InChI=1S/C12H21NO2/c1-5-12(15-11(4)14)9-8-10-13(6-2)7-3/h12H,5-7,10H2,1-4H3/t12-/m1/s1. The summed E-state index contributed by atoms with van der Waals surface area (Å²) < 4.78 is 5.02. The van der Waals surface area contributed by atoms with Crippen LogP contribution in [0.2, 0.25) is 0 Å². The van der Waals surface area contributed by atoms with Gasteiger partial charge in [-0.1, -0.05) is 32.6 Å². The van der Waals surface area contributed by atoms with Gasteiger partial charge in [0.2, 0.25) is 0 Å². The van der Waals surface area contributed by atoms with Crippen LogP contribution in [0.1, 0.15) is 34.1 Å².